The number of hydrogen-bond acceptors (Lipinski definition) is 2. The van der Waals surface area contributed by atoms with Crippen molar-refractivity contribution in [3.05, 3.63) is 105 Å². The van der Waals surface area contributed by atoms with E-state index < -0.39 is 6.04 Å². The second-order valence-corrected chi connectivity index (χ2v) is 10.2. The van der Waals surface area contributed by atoms with E-state index in [2.05, 4.69) is 5.32 Å². The van der Waals surface area contributed by atoms with Gasteiger partial charge < -0.3 is 10.2 Å². The number of amides is 2. The summed E-state index contributed by atoms with van der Waals surface area (Å²) in [4.78, 5) is 28.8. The average molecular weight is 532 g/mol. The molecule has 0 radical (unpaired) electrons. The van der Waals surface area contributed by atoms with E-state index in [1.54, 1.807) is 35.2 Å². The van der Waals surface area contributed by atoms with Crippen LogP contribution < -0.4 is 5.32 Å². The molecule has 0 aliphatic carbocycles. The van der Waals surface area contributed by atoms with E-state index in [1.807, 2.05) is 56.3 Å². The lowest BCUT2D eigenvalue weighted by atomic mass is 10.0. The van der Waals surface area contributed by atoms with Crippen LogP contribution in [0.1, 0.15) is 30.5 Å². The summed E-state index contributed by atoms with van der Waals surface area (Å²) in [6, 6.07) is 21.5. The highest BCUT2D eigenvalue weighted by Gasteiger charge is 2.30. The Kier molecular flexibility index (Phi) is 10.0. The second-order valence-electron chi connectivity index (χ2n) is 8.92. The van der Waals surface area contributed by atoms with E-state index in [0.29, 0.717) is 28.0 Å². The minimum absolute atomic E-state index is 0.0905. The smallest absolute Gasteiger partial charge is 0.243 e. The predicted octanol–water partition coefficient (Wildman–Crippen LogP) is 6.60. The molecule has 0 fully saturated rings. The van der Waals surface area contributed by atoms with Crippen molar-refractivity contribution < 1.29 is 9.59 Å². The maximum atomic E-state index is 13.7. The SMILES string of the molecule is CC(C)CNC(=O)[C@H](Cc1ccccc1)N(Cc1ccc(Cl)cc1)C(=O)Cc1ccc(Cl)c(Cl)c1. The summed E-state index contributed by atoms with van der Waals surface area (Å²) in [6.45, 7) is 4.87. The van der Waals surface area contributed by atoms with Crippen molar-refractivity contribution in [1.29, 1.82) is 0 Å². The van der Waals surface area contributed by atoms with Gasteiger partial charge in [0, 0.05) is 24.5 Å². The molecule has 0 saturated carbocycles. The zero-order valence-corrected chi connectivity index (χ0v) is 22.1. The lowest BCUT2D eigenvalue weighted by Crippen LogP contribution is -2.51. The Bertz CT molecular complexity index is 1130. The van der Waals surface area contributed by atoms with Crippen molar-refractivity contribution in [3.63, 3.8) is 0 Å². The van der Waals surface area contributed by atoms with Crippen LogP contribution in [0.5, 0.6) is 0 Å². The Hall–Kier alpha value is -2.53. The predicted molar refractivity (Wildman–Crippen MR) is 144 cm³/mol. The zero-order valence-electron chi connectivity index (χ0n) is 19.8. The van der Waals surface area contributed by atoms with Crippen molar-refractivity contribution >= 4 is 46.6 Å². The summed E-state index contributed by atoms with van der Waals surface area (Å²) in [5.74, 6) is -0.0778. The van der Waals surface area contributed by atoms with E-state index in [1.165, 1.54) is 0 Å². The molecule has 0 spiro atoms. The molecular formula is C28H29Cl3N2O2. The fourth-order valence-electron chi connectivity index (χ4n) is 3.69. The van der Waals surface area contributed by atoms with Crippen molar-refractivity contribution in [2.24, 2.45) is 5.92 Å². The van der Waals surface area contributed by atoms with Gasteiger partial charge in [-0.05, 0) is 46.9 Å². The van der Waals surface area contributed by atoms with Crippen LogP contribution in [0.4, 0.5) is 0 Å². The van der Waals surface area contributed by atoms with Gasteiger partial charge in [-0.1, -0.05) is 97.2 Å². The number of carbonyl (C=O) groups is 2. The fourth-order valence-corrected chi connectivity index (χ4v) is 4.14. The Morgan fingerprint density at radius 2 is 1.49 bits per heavy atom. The van der Waals surface area contributed by atoms with E-state index in [-0.39, 0.29) is 30.7 Å². The number of nitrogens with one attached hydrogen (secondary N) is 1. The van der Waals surface area contributed by atoms with Crippen LogP contribution in [-0.2, 0) is 29.0 Å². The number of nitrogens with zero attached hydrogens (tertiary/aromatic N) is 1. The normalized spacial score (nSPS) is 11.8. The summed E-state index contributed by atoms with van der Waals surface area (Å²) in [7, 11) is 0. The number of benzene rings is 3. The van der Waals surface area contributed by atoms with E-state index in [0.717, 1.165) is 16.7 Å². The Morgan fingerprint density at radius 3 is 2.11 bits per heavy atom. The second kappa shape index (κ2) is 13.0. The first-order chi connectivity index (χ1) is 16.7. The molecular weight excluding hydrogens is 503 g/mol. The van der Waals surface area contributed by atoms with Gasteiger partial charge in [-0.3, -0.25) is 9.59 Å². The highest BCUT2D eigenvalue weighted by molar-refractivity contribution is 6.42. The van der Waals surface area contributed by atoms with Crippen LogP contribution >= 0.6 is 34.8 Å². The molecule has 1 N–H and O–H groups in total. The van der Waals surface area contributed by atoms with Crippen LogP contribution in [0, 0.1) is 5.92 Å². The van der Waals surface area contributed by atoms with Crippen LogP contribution in [0.2, 0.25) is 15.1 Å². The van der Waals surface area contributed by atoms with Gasteiger partial charge >= 0.3 is 0 Å². The monoisotopic (exact) mass is 530 g/mol. The lowest BCUT2D eigenvalue weighted by molar-refractivity contribution is -0.140. The van der Waals surface area contributed by atoms with Crippen LogP contribution in [-0.4, -0.2) is 29.3 Å². The van der Waals surface area contributed by atoms with Crippen molar-refractivity contribution in [3.8, 4) is 0 Å². The van der Waals surface area contributed by atoms with Gasteiger partial charge in [-0.25, -0.2) is 0 Å². The maximum Gasteiger partial charge on any atom is 0.243 e. The lowest BCUT2D eigenvalue weighted by Gasteiger charge is -2.32. The highest BCUT2D eigenvalue weighted by Crippen LogP contribution is 2.24. The summed E-state index contributed by atoms with van der Waals surface area (Å²) < 4.78 is 0. The van der Waals surface area contributed by atoms with Gasteiger partial charge in [0.25, 0.3) is 0 Å². The van der Waals surface area contributed by atoms with Crippen LogP contribution in [0.25, 0.3) is 0 Å². The third-order valence-electron chi connectivity index (χ3n) is 5.56. The standard InChI is InChI=1S/C28H29Cl3N2O2/c1-19(2)17-32-28(35)26(15-20-6-4-3-5-7-20)33(18-21-8-11-23(29)12-9-21)27(34)16-22-10-13-24(30)25(31)14-22/h3-14,19,26H,15-18H2,1-2H3,(H,32,35)/t26-/m0/s1. The average Bonchev–Trinajstić information content (AvgIpc) is 2.84. The van der Waals surface area contributed by atoms with E-state index in [9.17, 15) is 9.59 Å². The maximum absolute atomic E-state index is 13.7. The fraction of sp³-hybridized carbons (Fsp3) is 0.286. The molecule has 0 bridgehead atoms. The molecule has 7 heteroatoms. The number of halogens is 3. The first kappa shape index (κ1) is 27.1. The summed E-state index contributed by atoms with van der Waals surface area (Å²) in [5.41, 5.74) is 2.58. The van der Waals surface area contributed by atoms with Gasteiger partial charge in [0.05, 0.1) is 16.5 Å². The molecule has 0 saturated heterocycles. The molecule has 4 nitrogen and oxygen atoms in total. The first-order valence-corrected chi connectivity index (χ1v) is 12.7. The Labute approximate surface area is 222 Å². The third-order valence-corrected chi connectivity index (χ3v) is 6.55. The molecule has 35 heavy (non-hydrogen) atoms. The molecule has 0 unspecified atom stereocenters. The Balaban J connectivity index is 1.95. The minimum atomic E-state index is -0.692. The molecule has 3 aromatic carbocycles. The van der Waals surface area contributed by atoms with E-state index >= 15 is 0 Å². The van der Waals surface area contributed by atoms with Gasteiger partial charge in [0.1, 0.15) is 6.04 Å². The zero-order chi connectivity index (χ0) is 25.4. The van der Waals surface area contributed by atoms with Gasteiger partial charge in [0.15, 0.2) is 0 Å². The molecule has 0 aromatic heterocycles. The van der Waals surface area contributed by atoms with Crippen LogP contribution in [0.3, 0.4) is 0 Å². The van der Waals surface area contributed by atoms with Gasteiger partial charge in [-0.2, -0.15) is 0 Å². The minimum Gasteiger partial charge on any atom is -0.354 e. The van der Waals surface area contributed by atoms with Crippen molar-refractivity contribution in [2.45, 2.75) is 39.3 Å². The number of hydrogen-bond donors (Lipinski definition) is 1. The molecule has 0 heterocycles. The summed E-state index contributed by atoms with van der Waals surface area (Å²) >= 11 is 18.3. The molecule has 184 valence electrons. The summed E-state index contributed by atoms with van der Waals surface area (Å²) in [5, 5.41) is 4.44. The van der Waals surface area contributed by atoms with E-state index in [4.69, 9.17) is 34.8 Å². The van der Waals surface area contributed by atoms with Gasteiger partial charge in [0.2, 0.25) is 11.8 Å². The van der Waals surface area contributed by atoms with Crippen molar-refractivity contribution in [2.75, 3.05) is 6.54 Å². The largest absolute Gasteiger partial charge is 0.354 e. The molecule has 2 amide bonds. The van der Waals surface area contributed by atoms with Gasteiger partial charge in [-0.15, -0.1) is 0 Å². The summed E-state index contributed by atoms with van der Waals surface area (Å²) in [6.07, 6.45) is 0.485. The molecule has 0 aliphatic rings. The molecule has 1 atom stereocenters. The highest BCUT2D eigenvalue weighted by atomic mass is 35.5. The quantitative estimate of drug-likeness (QED) is 0.320. The third kappa shape index (κ3) is 8.28. The van der Waals surface area contributed by atoms with Crippen LogP contribution in [0.15, 0.2) is 72.8 Å². The Morgan fingerprint density at radius 1 is 0.829 bits per heavy atom. The molecule has 0 aliphatic heterocycles. The number of rotatable bonds is 10. The number of carbonyl (C=O) groups excluding carboxylic acids is 2. The molecule has 3 aromatic rings. The topological polar surface area (TPSA) is 49.4 Å². The first-order valence-electron chi connectivity index (χ1n) is 11.5. The van der Waals surface area contributed by atoms with Crippen molar-refractivity contribution in [1.82, 2.24) is 10.2 Å². The molecule has 3 rings (SSSR count).